The molecule has 1 aliphatic heterocycles. The van der Waals surface area contributed by atoms with E-state index in [1.165, 1.54) is 0 Å². The molecule has 0 saturated carbocycles. The lowest BCUT2D eigenvalue weighted by Crippen LogP contribution is -2.44. The molecule has 0 aliphatic carbocycles. The van der Waals surface area contributed by atoms with Crippen LogP contribution in [0.25, 0.3) is 0 Å². The Morgan fingerprint density at radius 2 is 1.84 bits per heavy atom. The lowest BCUT2D eigenvalue weighted by Gasteiger charge is -2.34. The number of nitrogens with zero attached hydrogens (tertiary/aromatic N) is 2. The maximum atomic E-state index is 11.7. The molecule has 1 aromatic rings. The minimum absolute atomic E-state index is 0.0366. The SMILES string of the molecule is CN1CCN(c2ccc(C(=O)NCCO)cc2)CC1. The number of aliphatic hydroxyl groups excluding tert-OH is 1. The van der Waals surface area contributed by atoms with Crippen LogP contribution in [0.2, 0.25) is 0 Å². The molecule has 0 radical (unpaired) electrons. The monoisotopic (exact) mass is 263 g/mol. The van der Waals surface area contributed by atoms with E-state index >= 15 is 0 Å². The third-order valence-electron chi connectivity index (χ3n) is 3.40. The maximum absolute atomic E-state index is 11.7. The third kappa shape index (κ3) is 3.68. The maximum Gasteiger partial charge on any atom is 0.251 e. The Bertz CT molecular complexity index is 411. The fourth-order valence-corrected chi connectivity index (χ4v) is 2.16. The van der Waals surface area contributed by atoms with Crippen molar-refractivity contribution in [1.29, 1.82) is 0 Å². The van der Waals surface area contributed by atoms with Crippen molar-refractivity contribution >= 4 is 11.6 Å². The highest BCUT2D eigenvalue weighted by atomic mass is 16.3. The summed E-state index contributed by atoms with van der Waals surface area (Å²) in [6, 6.07) is 7.64. The number of hydrogen-bond donors (Lipinski definition) is 2. The van der Waals surface area contributed by atoms with E-state index in [2.05, 4.69) is 22.2 Å². The minimum Gasteiger partial charge on any atom is -0.395 e. The van der Waals surface area contributed by atoms with Crippen molar-refractivity contribution in [1.82, 2.24) is 10.2 Å². The van der Waals surface area contributed by atoms with Crippen molar-refractivity contribution < 1.29 is 9.90 Å². The van der Waals surface area contributed by atoms with Crippen LogP contribution < -0.4 is 10.2 Å². The Kier molecular flexibility index (Phi) is 4.76. The third-order valence-corrected chi connectivity index (χ3v) is 3.40. The van der Waals surface area contributed by atoms with Gasteiger partial charge in [-0.05, 0) is 31.3 Å². The number of carbonyl (C=O) groups is 1. The van der Waals surface area contributed by atoms with Gasteiger partial charge in [-0.2, -0.15) is 0 Å². The summed E-state index contributed by atoms with van der Waals surface area (Å²) in [5, 5.41) is 11.3. The summed E-state index contributed by atoms with van der Waals surface area (Å²) >= 11 is 0. The van der Waals surface area contributed by atoms with Gasteiger partial charge in [0.05, 0.1) is 6.61 Å². The summed E-state index contributed by atoms with van der Waals surface area (Å²) in [6.45, 7) is 4.43. The molecule has 1 saturated heterocycles. The molecule has 1 aromatic carbocycles. The van der Waals surface area contributed by atoms with E-state index in [1.54, 1.807) is 0 Å². The summed E-state index contributed by atoms with van der Waals surface area (Å²) in [5.74, 6) is -0.140. The number of carbonyl (C=O) groups excluding carboxylic acids is 1. The molecule has 0 atom stereocenters. The summed E-state index contributed by atoms with van der Waals surface area (Å²) < 4.78 is 0. The highest BCUT2D eigenvalue weighted by Gasteiger charge is 2.14. The topological polar surface area (TPSA) is 55.8 Å². The van der Waals surface area contributed by atoms with Crippen molar-refractivity contribution in [2.75, 3.05) is 51.3 Å². The van der Waals surface area contributed by atoms with Gasteiger partial charge in [-0.1, -0.05) is 0 Å². The molecular formula is C14H21N3O2. The Morgan fingerprint density at radius 3 is 2.42 bits per heavy atom. The predicted octanol–water partition coefficient (Wildman–Crippen LogP) is 0.160. The van der Waals surface area contributed by atoms with E-state index < -0.39 is 0 Å². The lowest BCUT2D eigenvalue weighted by atomic mass is 10.1. The highest BCUT2D eigenvalue weighted by molar-refractivity contribution is 5.94. The number of rotatable bonds is 4. The van der Waals surface area contributed by atoms with E-state index in [1.807, 2.05) is 24.3 Å². The van der Waals surface area contributed by atoms with Crippen LogP contribution in [0.15, 0.2) is 24.3 Å². The molecule has 0 spiro atoms. The molecule has 1 aliphatic rings. The Balaban J connectivity index is 1.96. The Morgan fingerprint density at radius 1 is 1.21 bits per heavy atom. The van der Waals surface area contributed by atoms with Gasteiger partial charge in [-0.25, -0.2) is 0 Å². The van der Waals surface area contributed by atoms with Gasteiger partial charge >= 0.3 is 0 Å². The number of benzene rings is 1. The van der Waals surface area contributed by atoms with Crippen LogP contribution in [0.1, 0.15) is 10.4 Å². The molecule has 5 heteroatoms. The zero-order valence-corrected chi connectivity index (χ0v) is 11.3. The summed E-state index contributed by atoms with van der Waals surface area (Å²) in [5.41, 5.74) is 1.79. The van der Waals surface area contributed by atoms with Crippen LogP contribution >= 0.6 is 0 Å². The van der Waals surface area contributed by atoms with E-state index in [4.69, 9.17) is 5.11 Å². The molecule has 0 unspecified atom stereocenters. The molecule has 5 nitrogen and oxygen atoms in total. The number of amides is 1. The molecule has 19 heavy (non-hydrogen) atoms. The number of hydrogen-bond acceptors (Lipinski definition) is 4. The van der Waals surface area contributed by atoms with E-state index in [0.717, 1.165) is 31.9 Å². The fraction of sp³-hybridized carbons (Fsp3) is 0.500. The van der Waals surface area contributed by atoms with Crippen molar-refractivity contribution in [2.24, 2.45) is 0 Å². The van der Waals surface area contributed by atoms with Gasteiger partial charge in [0.25, 0.3) is 5.91 Å². The Hall–Kier alpha value is -1.59. The average molecular weight is 263 g/mol. The summed E-state index contributed by atoms with van der Waals surface area (Å²) in [7, 11) is 2.13. The van der Waals surface area contributed by atoms with Crippen LogP contribution in [0, 0.1) is 0 Å². The fourth-order valence-electron chi connectivity index (χ4n) is 2.16. The number of anilines is 1. The van der Waals surface area contributed by atoms with Gasteiger partial charge in [-0.15, -0.1) is 0 Å². The van der Waals surface area contributed by atoms with Crippen LogP contribution in [0.3, 0.4) is 0 Å². The van der Waals surface area contributed by atoms with Gasteiger partial charge in [-0.3, -0.25) is 4.79 Å². The average Bonchev–Trinajstić information content (AvgIpc) is 2.46. The number of nitrogens with one attached hydrogen (secondary N) is 1. The van der Waals surface area contributed by atoms with Crippen LogP contribution in [-0.2, 0) is 0 Å². The molecule has 0 bridgehead atoms. The second-order valence-corrected chi connectivity index (χ2v) is 4.82. The zero-order valence-electron chi connectivity index (χ0n) is 11.3. The van der Waals surface area contributed by atoms with Gasteiger partial charge in [0.1, 0.15) is 0 Å². The van der Waals surface area contributed by atoms with Gasteiger partial charge < -0.3 is 20.2 Å². The van der Waals surface area contributed by atoms with Gasteiger partial charge in [0.2, 0.25) is 0 Å². The molecular weight excluding hydrogens is 242 g/mol. The van der Waals surface area contributed by atoms with Crippen molar-refractivity contribution in [3.8, 4) is 0 Å². The molecule has 2 rings (SSSR count). The highest BCUT2D eigenvalue weighted by Crippen LogP contribution is 2.16. The lowest BCUT2D eigenvalue weighted by molar-refractivity contribution is 0.0945. The first-order valence-electron chi connectivity index (χ1n) is 6.63. The first kappa shape index (κ1) is 13.8. The Labute approximate surface area is 113 Å². The smallest absolute Gasteiger partial charge is 0.251 e. The van der Waals surface area contributed by atoms with Crippen LogP contribution in [0.5, 0.6) is 0 Å². The predicted molar refractivity (Wildman–Crippen MR) is 75.6 cm³/mol. The standard InChI is InChI=1S/C14H21N3O2/c1-16-7-9-17(10-8-16)13-4-2-12(3-5-13)14(19)15-6-11-18/h2-5,18H,6-11H2,1H3,(H,15,19). The van der Waals surface area contributed by atoms with Gasteiger partial charge in [0.15, 0.2) is 0 Å². The van der Waals surface area contributed by atoms with E-state index in [0.29, 0.717) is 12.1 Å². The quantitative estimate of drug-likeness (QED) is 0.812. The van der Waals surface area contributed by atoms with Crippen LogP contribution in [0.4, 0.5) is 5.69 Å². The van der Waals surface area contributed by atoms with Crippen molar-refractivity contribution in [2.45, 2.75) is 0 Å². The number of piperazine rings is 1. The molecule has 104 valence electrons. The number of likely N-dealkylation sites (N-methyl/N-ethyl adjacent to an activating group) is 1. The first-order valence-corrected chi connectivity index (χ1v) is 6.63. The van der Waals surface area contributed by atoms with Crippen LogP contribution in [-0.4, -0.2) is 62.3 Å². The molecule has 1 heterocycles. The molecule has 2 N–H and O–H groups in total. The number of aliphatic hydroxyl groups is 1. The van der Waals surface area contributed by atoms with Crippen molar-refractivity contribution in [3.63, 3.8) is 0 Å². The van der Waals surface area contributed by atoms with E-state index in [9.17, 15) is 4.79 Å². The molecule has 1 amide bonds. The zero-order chi connectivity index (χ0) is 13.7. The largest absolute Gasteiger partial charge is 0.395 e. The summed E-state index contributed by atoms with van der Waals surface area (Å²) in [6.07, 6.45) is 0. The van der Waals surface area contributed by atoms with Gasteiger partial charge in [0, 0.05) is 44.0 Å². The normalized spacial score (nSPS) is 16.4. The summed E-state index contributed by atoms with van der Waals surface area (Å²) in [4.78, 5) is 16.3. The second-order valence-electron chi connectivity index (χ2n) is 4.82. The van der Waals surface area contributed by atoms with Crippen molar-refractivity contribution in [3.05, 3.63) is 29.8 Å². The molecule has 0 aromatic heterocycles. The first-order chi connectivity index (χ1) is 9.20. The van der Waals surface area contributed by atoms with E-state index in [-0.39, 0.29) is 12.5 Å². The second kappa shape index (κ2) is 6.54. The minimum atomic E-state index is -0.140. The molecule has 1 fully saturated rings.